The number of rotatable bonds is 4. The van der Waals surface area contributed by atoms with Crippen LogP contribution in [0.4, 0.5) is 10.2 Å². The van der Waals surface area contributed by atoms with E-state index in [2.05, 4.69) is 22.1 Å². The lowest BCUT2D eigenvalue weighted by Crippen LogP contribution is -2.07. The van der Waals surface area contributed by atoms with Crippen LogP contribution in [-0.2, 0) is 0 Å². The Labute approximate surface area is 143 Å². The normalized spacial score (nSPS) is 12.6. The van der Waals surface area contributed by atoms with Gasteiger partial charge < -0.3 is 5.73 Å². The molecule has 0 saturated heterocycles. The minimum Gasteiger partial charge on any atom is -0.382 e. The van der Waals surface area contributed by atoms with E-state index in [0.717, 1.165) is 23.2 Å². The molecule has 3 aromatic heterocycles. The third-order valence-electron chi connectivity index (χ3n) is 4.38. The van der Waals surface area contributed by atoms with Crippen LogP contribution in [0.5, 0.6) is 0 Å². The number of nitrogens with two attached hydrogens (primary N) is 1. The molecule has 0 bridgehead atoms. The lowest BCUT2D eigenvalue weighted by atomic mass is 9.96. The van der Waals surface area contributed by atoms with Gasteiger partial charge in [0.1, 0.15) is 23.3 Å². The summed E-state index contributed by atoms with van der Waals surface area (Å²) in [5.74, 6) is 0.203. The number of para-hydroxylation sites is 1. The third-order valence-corrected chi connectivity index (χ3v) is 4.38. The summed E-state index contributed by atoms with van der Waals surface area (Å²) >= 11 is 0. The maximum Gasteiger partial charge on any atom is 0.151 e. The Morgan fingerprint density at radius 3 is 2.80 bits per heavy atom. The van der Waals surface area contributed by atoms with Crippen LogP contribution in [0.2, 0.25) is 0 Å². The summed E-state index contributed by atoms with van der Waals surface area (Å²) in [5, 5.41) is 8.65. The smallest absolute Gasteiger partial charge is 0.151 e. The highest BCUT2D eigenvalue weighted by atomic mass is 19.1. The third kappa shape index (κ3) is 2.53. The molecule has 7 heteroatoms. The molecule has 0 radical (unpaired) electrons. The van der Waals surface area contributed by atoms with Gasteiger partial charge in [-0.25, -0.2) is 18.6 Å². The second kappa shape index (κ2) is 6.01. The zero-order valence-corrected chi connectivity index (χ0v) is 13.7. The Bertz CT molecular complexity index is 1030. The van der Waals surface area contributed by atoms with Crippen LogP contribution in [-0.4, -0.2) is 24.4 Å². The molecule has 0 aliphatic heterocycles. The van der Waals surface area contributed by atoms with E-state index >= 15 is 0 Å². The van der Waals surface area contributed by atoms with Gasteiger partial charge >= 0.3 is 0 Å². The van der Waals surface area contributed by atoms with Crippen molar-refractivity contribution in [2.75, 3.05) is 5.73 Å². The standard InChI is InChI=1S/C18H17FN6/c1-2-13(15-7-8-17-18(20)21-11-23-25(15)17)12-9-22-24(10-12)16-6-4-3-5-14(16)19/h3-11,13H,2H2,1H3,(H2,20,21,23). The number of halogens is 1. The number of aromatic nitrogens is 5. The van der Waals surface area contributed by atoms with E-state index in [-0.39, 0.29) is 11.7 Å². The van der Waals surface area contributed by atoms with E-state index in [9.17, 15) is 4.39 Å². The van der Waals surface area contributed by atoms with E-state index < -0.39 is 0 Å². The first kappa shape index (κ1) is 15.3. The SMILES string of the molecule is CCC(c1cnn(-c2ccccc2F)c1)c1ccc2c(N)ncnn12. The van der Waals surface area contributed by atoms with Crippen LogP contribution in [0.15, 0.2) is 55.1 Å². The minimum atomic E-state index is -0.307. The lowest BCUT2D eigenvalue weighted by Gasteiger charge is -2.13. The van der Waals surface area contributed by atoms with Gasteiger partial charge in [0.05, 0.1) is 11.9 Å². The molecule has 2 N–H and O–H groups in total. The fraction of sp³-hybridized carbons (Fsp3) is 0.167. The predicted molar refractivity (Wildman–Crippen MR) is 93.1 cm³/mol. The van der Waals surface area contributed by atoms with E-state index in [0.29, 0.717) is 11.5 Å². The Kier molecular flexibility index (Phi) is 3.68. The van der Waals surface area contributed by atoms with Crippen molar-refractivity contribution in [3.63, 3.8) is 0 Å². The minimum absolute atomic E-state index is 0.0670. The molecule has 126 valence electrons. The van der Waals surface area contributed by atoms with Gasteiger partial charge in [-0.3, -0.25) is 0 Å². The number of anilines is 1. The van der Waals surface area contributed by atoms with Crippen molar-refractivity contribution >= 4 is 11.3 Å². The first-order valence-corrected chi connectivity index (χ1v) is 8.06. The molecule has 0 amide bonds. The molecule has 1 atom stereocenters. The second-order valence-corrected chi connectivity index (χ2v) is 5.83. The first-order valence-electron chi connectivity index (χ1n) is 8.06. The fourth-order valence-corrected chi connectivity index (χ4v) is 3.14. The molecular formula is C18H17FN6. The predicted octanol–water partition coefficient (Wildman–Crippen LogP) is 3.18. The van der Waals surface area contributed by atoms with Crippen molar-refractivity contribution in [2.24, 2.45) is 0 Å². The van der Waals surface area contributed by atoms with Gasteiger partial charge in [-0.1, -0.05) is 19.1 Å². The van der Waals surface area contributed by atoms with Gasteiger partial charge in [0.25, 0.3) is 0 Å². The average Bonchev–Trinajstić information content (AvgIpc) is 3.25. The summed E-state index contributed by atoms with van der Waals surface area (Å²) in [5.41, 5.74) is 9.11. The lowest BCUT2D eigenvalue weighted by molar-refractivity contribution is 0.610. The van der Waals surface area contributed by atoms with Crippen molar-refractivity contribution in [2.45, 2.75) is 19.3 Å². The first-order chi connectivity index (χ1) is 12.2. The van der Waals surface area contributed by atoms with Crippen LogP contribution in [0.3, 0.4) is 0 Å². The van der Waals surface area contributed by atoms with Crippen LogP contribution >= 0.6 is 0 Å². The second-order valence-electron chi connectivity index (χ2n) is 5.83. The van der Waals surface area contributed by atoms with Gasteiger partial charge in [0.2, 0.25) is 0 Å². The van der Waals surface area contributed by atoms with Gasteiger partial charge in [0.15, 0.2) is 5.82 Å². The number of benzene rings is 1. The molecule has 3 heterocycles. The molecule has 0 spiro atoms. The summed E-state index contributed by atoms with van der Waals surface area (Å²) < 4.78 is 17.4. The van der Waals surface area contributed by atoms with Gasteiger partial charge in [-0.2, -0.15) is 10.2 Å². The van der Waals surface area contributed by atoms with Crippen molar-refractivity contribution in [1.82, 2.24) is 24.4 Å². The van der Waals surface area contributed by atoms with Gasteiger partial charge in [0, 0.05) is 12.1 Å². The van der Waals surface area contributed by atoms with Crippen LogP contribution < -0.4 is 5.73 Å². The molecule has 0 aliphatic rings. The highest BCUT2D eigenvalue weighted by molar-refractivity contribution is 5.65. The fourth-order valence-electron chi connectivity index (χ4n) is 3.14. The van der Waals surface area contributed by atoms with E-state index in [4.69, 9.17) is 5.73 Å². The highest BCUT2D eigenvalue weighted by Crippen LogP contribution is 2.30. The van der Waals surface area contributed by atoms with E-state index in [1.807, 2.05) is 18.3 Å². The Morgan fingerprint density at radius 1 is 1.16 bits per heavy atom. The van der Waals surface area contributed by atoms with Crippen molar-refractivity contribution in [3.8, 4) is 5.69 Å². The molecule has 0 aliphatic carbocycles. The van der Waals surface area contributed by atoms with Crippen LogP contribution in [0.25, 0.3) is 11.2 Å². The van der Waals surface area contributed by atoms with Crippen LogP contribution in [0.1, 0.15) is 30.5 Å². The van der Waals surface area contributed by atoms with Crippen molar-refractivity contribution < 1.29 is 4.39 Å². The Balaban J connectivity index is 1.77. The number of nitrogens with zero attached hydrogens (tertiary/aromatic N) is 5. The molecule has 0 fully saturated rings. The number of nitrogen functional groups attached to an aromatic ring is 1. The zero-order chi connectivity index (χ0) is 17.4. The maximum absolute atomic E-state index is 14.0. The van der Waals surface area contributed by atoms with Gasteiger partial charge in [-0.15, -0.1) is 0 Å². The largest absolute Gasteiger partial charge is 0.382 e. The number of hydrogen-bond donors (Lipinski definition) is 1. The average molecular weight is 336 g/mol. The summed E-state index contributed by atoms with van der Waals surface area (Å²) in [4.78, 5) is 4.02. The molecule has 4 aromatic rings. The monoisotopic (exact) mass is 336 g/mol. The Hall–Kier alpha value is -3.22. The molecule has 6 nitrogen and oxygen atoms in total. The van der Waals surface area contributed by atoms with Crippen molar-refractivity contribution in [1.29, 1.82) is 0 Å². The molecule has 4 rings (SSSR count). The van der Waals surface area contributed by atoms with Gasteiger partial charge in [-0.05, 0) is 36.2 Å². The number of fused-ring (bicyclic) bond motifs is 1. The van der Waals surface area contributed by atoms with Crippen LogP contribution in [0, 0.1) is 5.82 Å². The molecular weight excluding hydrogens is 319 g/mol. The van der Waals surface area contributed by atoms with E-state index in [1.165, 1.54) is 12.4 Å². The molecule has 1 unspecified atom stereocenters. The quantitative estimate of drug-likeness (QED) is 0.621. The molecule has 1 aromatic carbocycles. The van der Waals surface area contributed by atoms with E-state index in [1.54, 1.807) is 33.6 Å². The molecule has 0 saturated carbocycles. The number of hydrogen-bond acceptors (Lipinski definition) is 4. The van der Waals surface area contributed by atoms with Crippen molar-refractivity contribution in [3.05, 3.63) is 72.2 Å². The Morgan fingerprint density at radius 2 is 2.00 bits per heavy atom. The summed E-state index contributed by atoms with van der Waals surface area (Å²) in [6.45, 7) is 2.09. The summed E-state index contributed by atoms with van der Waals surface area (Å²) in [7, 11) is 0. The topological polar surface area (TPSA) is 74.0 Å². The summed E-state index contributed by atoms with van der Waals surface area (Å²) in [6.07, 6.45) is 5.92. The summed E-state index contributed by atoms with van der Waals surface area (Å²) in [6, 6.07) is 10.5. The maximum atomic E-state index is 14.0. The highest BCUT2D eigenvalue weighted by Gasteiger charge is 2.20. The zero-order valence-electron chi connectivity index (χ0n) is 13.7. The molecule has 25 heavy (non-hydrogen) atoms.